The van der Waals surface area contributed by atoms with Crippen LogP contribution in [-0.2, 0) is 4.79 Å². The molecular weight excluding hydrogens is 364 g/mol. The molecule has 0 bridgehead atoms. The van der Waals surface area contributed by atoms with Crippen molar-refractivity contribution in [2.45, 2.75) is 37.6 Å². The van der Waals surface area contributed by atoms with Crippen LogP contribution in [0.4, 0.5) is 5.69 Å². The molecule has 1 aliphatic heterocycles. The SMILES string of the molecule is COc1ccc2c(c1)OCC2CC(=O)N(c1cccc2cccnc12)C1CCC1. The van der Waals surface area contributed by atoms with E-state index in [1.807, 2.05) is 53.4 Å². The van der Waals surface area contributed by atoms with E-state index in [1.54, 1.807) is 13.3 Å². The molecule has 0 N–H and O–H groups in total. The zero-order chi connectivity index (χ0) is 19.8. The van der Waals surface area contributed by atoms with Crippen LogP contribution in [-0.4, -0.2) is 30.6 Å². The Balaban J connectivity index is 1.45. The van der Waals surface area contributed by atoms with Crippen LogP contribution in [0, 0.1) is 0 Å². The number of hydrogen-bond donors (Lipinski definition) is 0. The highest BCUT2D eigenvalue weighted by molar-refractivity contribution is 6.02. The average molecular weight is 388 g/mol. The number of pyridine rings is 1. The lowest BCUT2D eigenvalue weighted by Crippen LogP contribution is -2.45. The van der Waals surface area contributed by atoms with Crippen molar-refractivity contribution in [1.82, 2.24) is 4.98 Å². The maximum absolute atomic E-state index is 13.5. The van der Waals surface area contributed by atoms with Gasteiger partial charge in [-0.25, -0.2) is 0 Å². The van der Waals surface area contributed by atoms with Gasteiger partial charge in [0.05, 0.1) is 24.9 Å². The Morgan fingerprint density at radius 1 is 1.21 bits per heavy atom. The number of nitrogens with zero attached hydrogens (tertiary/aromatic N) is 2. The minimum atomic E-state index is 0.0638. The zero-order valence-electron chi connectivity index (χ0n) is 16.5. The predicted molar refractivity (Wildman–Crippen MR) is 113 cm³/mol. The van der Waals surface area contributed by atoms with Gasteiger partial charge in [0.15, 0.2) is 0 Å². The summed E-state index contributed by atoms with van der Waals surface area (Å²) >= 11 is 0. The molecule has 1 atom stereocenters. The Morgan fingerprint density at radius 3 is 2.86 bits per heavy atom. The third kappa shape index (κ3) is 3.20. The van der Waals surface area contributed by atoms with Crippen molar-refractivity contribution in [3.8, 4) is 11.5 Å². The first-order chi connectivity index (χ1) is 14.2. The van der Waals surface area contributed by atoms with E-state index in [2.05, 4.69) is 4.98 Å². The maximum Gasteiger partial charge on any atom is 0.228 e. The third-order valence-electron chi connectivity index (χ3n) is 6.10. The van der Waals surface area contributed by atoms with Crippen molar-refractivity contribution in [2.75, 3.05) is 18.6 Å². The van der Waals surface area contributed by atoms with Crippen LogP contribution in [0.3, 0.4) is 0 Å². The number of para-hydroxylation sites is 1. The monoisotopic (exact) mass is 388 g/mol. The zero-order valence-corrected chi connectivity index (χ0v) is 16.5. The second kappa shape index (κ2) is 7.39. The summed E-state index contributed by atoms with van der Waals surface area (Å²) in [5.74, 6) is 1.80. The number of hydrogen-bond acceptors (Lipinski definition) is 4. The molecule has 1 amide bonds. The van der Waals surface area contributed by atoms with Gasteiger partial charge in [0, 0.05) is 41.6 Å². The maximum atomic E-state index is 13.5. The molecule has 3 aromatic rings. The lowest BCUT2D eigenvalue weighted by molar-refractivity contribution is -0.119. The summed E-state index contributed by atoms with van der Waals surface area (Å²) in [7, 11) is 1.65. The van der Waals surface area contributed by atoms with Gasteiger partial charge in [-0.2, -0.15) is 0 Å². The summed E-state index contributed by atoms with van der Waals surface area (Å²) in [6.45, 7) is 0.528. The normalized spacial score (nSPS) is 18.0. The second-order valence-corrected chi connectivity index (χ2v) is 7.82. The number of carbonyl (C=O) groups is 1. The molecule has 148 valence electrons. The fourth-order valence-electron chi connectivity index (χ4n) is 4.32. The van der Waals surface area contributed by atoms with Crippen LogP contribution in [0.15, 0.2) is 54.7 Å². The number of fused-ring (bicyclic) bond motifs is 2. The molecule has 0 radical (unpaired) electrons. The Hall–Kier alpha value is -3.08. The number of methoxy groups -OCH3 is 1. The van der Waals surface area contributed by atoms with Crippen LogP contribution in [0.2, 0.25) is 0 Å². The smallest absolute Gasteiger partial charge is 0.228 e. The Labute approximate surface area is 170 Å². The highest BCUT2D eigenvalue weighted by Crippen LogP contribution is 2.40. The highest BCUT2D eigenvalue weighted by atomic mass is 16.5. The first-order valence-electron chi connectivity index (χ1n) is 10.2. The Morgan fingerprint density at radius 2 is 2.07 bits per heavy atom. The van der Waals surface area contributed by atoms with Gasteiger partial charge in [-0.1, -0.05) is 24.3 Å². The van der Waals surface area contributed by atoms with Crippen molar-refractivity contribution in [3.05, 3.63) is 60.3 Å². The van der Waals surface area contributed by atoms with Gasteiger partial charge in [0.25, 0.3) is 0 Å². The first kappa shape index (κ1) is 18.0. The molecular formula is C24H24N2O3. The quantitative estimate of drug-likeness (QED) is 0.636. The molecule has 5 heteroatoms. The molecule has 2 heterocycles. The van der Waals surface area contributed by atoms with E-state index < -0.39 is 0 Å². The molecule has 5 rings (SSSR count). The molecule has 1 fully saturated rings. The first-order valence-corrected chi connectivity index (χ1v) is 10.2. The van der Waals surface area contributed by atoms with E-state index in [1.165, 1.54) is 6.42 Å². The molecule has 0 saturated heterocycles. The predicted octanol–water partition coefficient (Wildman–Crippen LogP) is 4.70. The number of rotatable bonds is 5. The van der Waals surface area contributed by atoms with Crippen LogP contribution < -0.4 is 14.4 Å². The lowest BCUT2D eigenvalue weighted by atomic mass is 9.89. The van der Waals surface area contributed by atoms with Crippen molar-refractivity contribution in [1.29, 1.82) is 0 Å². The van der Waals surface area contributed by atoms with E-state index in [4.69, 9.17) is 9.47 Å². The fraction of sp³-hybridized carbons (Fsp3) is 0.333. The van der Waals surface area contributed by atoms with Crippen molar-refractivity contribution >= 4 is 22.5 Å². The number of aromatic nitrogens is 1. The van der Waals surface area contributed by atoms with Crippen LogP contribution in [0.5, 0.6) is 11.5 Å². The number of anilines is 1. The second-order valence-electron chi connectivity index (χ2n) is 7.82. The molecule has 29 heavy (non-hydrogen) atoms. The largest absolute Gasteiger partial charge is 0.497 e. The lowest BCUT2D eigenvalue weighted by Gasteiger charge is -2.38. The van der Waals surface area contributed by atoms with E-state index >= 15 is 0 Å². The van der Waals surface area contributed by atoms with Gasteiger partial charge < -0.3 is 14.4 Å². The number of amides is 1. The van der Waals surface area contributed by atoms with Crippen molar-refractivity contribution in [3.63, 3.8) is 0 Å². The van der Waals surface area contributed by atoms with Crippen LogP contribution in [0.25, 0.3) is 10.9 Å². The van der Waals surface area contributed by atoms with Gasteiger partial charge in [-0.05, 0) is 37.5 Å². The fourth-order valence-corrected chi connectivity index (χ4v) is 4.32. The van der Waals surface area contributed by atoms with E-state index in [0.717, 1.165) is 46.5 Å². The minimum absolute atomic E-state index is 0.0638. The standard InChI is InChI=1S/C24H24N2O3/c1-28-19-10-11-20-17(15-29-22(20)14-19)13-23(27)26(18-7-3-8-18)21-9-2-5-16-6-4-12-25-24(16)21/h2,4-6,9-12,14,17-18H,3,7-8,13,15H2,1H3. The summed E-state index contributed by atoms with van der Waals surface area (Å²) in [5, 5.41) is 1.06. The molecule has 5 nitrogen and oxygen atoms in total. The van der Waals surface area contributed by atoms with E-state index in [-0.39, 0.29) is 17.9 Å². The topological polar surface area (TPSA) is 51.7 Å². The third-order valence-corrected chi connectivity index (χ3v) is 6.10. The van der Waals surface area contributed by atoms with Gasteiger partial charge in [-0.3, -0.25) is 9.78 Å². The minimum Gasteiger partial charge on any atom is -0.497 e. The van der Waals surface area contributed by atoms with Gasteiger partial charge in [-0.15, -0.1) is 0 Å². The highest BCUT2D eigenvalue weighted by Gasteiger charge is 2.34. The van der Waals surface area contributed by atoms with Gasteiger partial charge in [0.1, 0.15) is 11.5 Å². The average Bonchev–Trinajstić information content (AvgIpc) is 3.12. The molecule has 1 aromatic heterocycles. The Bertz CT molecular complexity index is 1060. The van der Waals surface area contributed by atoms with Gasteiger partial charge in [0.2, 0.25) is 5.91 Å². The summed E-state index contributed by atoms with van der Waals surface area (Å²) in [5.41, 5.74) is 2.90. The molecule has 2 aromatic carbocycles. The van der Waals surface area contributed by atoms with E-state index in [9.17, 15) is 4.79 Å². The van der Waals surface area contributed by atoms with Crippen LogP contribution in [0.1, 0.15) is 37.2 Å². The number of ether oxygens (including phenoxy) is 2. The summed E-state index contributed by atoms with van der Waals surface area (Å²) in [6.07, 6.45) is 5.48. The summed E-state index contributed by atoms with van der Waals surface area (Å²) in [4.78, 5) is 20.1. The molecule has 2 aliphatic rings. The molecule has 1 saturated carbocycles. The van der Waals surface area contributed by atoms with Crippen LogP contribution >= 0.6 is 0 Å². The summed E-state index contributed by atoms with van der Waals surface area (Å²) < 4.78 is 11.1. The van der Waals surface area contributed by atoms with Crippen molar-refractivity contribution in [2.24, 2.45) is 0 Å². The molecule has 1 unspecified atom stereocenters. The number of benzene rings is 2. The molecule has 0 spiro atoms. The summed E-state index contributed by atoms with van der Waals surface area (Å²) in [6, 6.07) is 16.2. The van der Waals surface area contributed by atoms with E-state index in [0.29, 0.717) is 13.0 Å². The van der Waals surface area contributed by atoms with Crippen molar-refractivity contribution < 1.29 is 14.3 Å². The number of carbonyl (C=O) groups excluding carboxylic acids is 1. The van der Waals surface area contributed by atoms with Gasteiger partial charge >= 0.3 is 0 Å². The molecule has 1 aliphatic carbocycles. The Kier molecular flexibility index (Phi) is 4.58.